The summed E-state index contributed by atoms with van der Waals surface area (Å²) in [5.74, 6) is 1.15. The van der Waals surface area contributed by atoms with Crippen LogP contribution in [0.5, 0.6) is 0 Å². The predicted octanol–water partition coefficient (Wildman–Crippen LogP) is 6.71. The fourth-order valence-electron chi connectivity index (χ4n) is 5.99. The Kier molecular flexibility index (Phi) is 10.3. The Hall–Kier alpha value is -3.25. The maximum Gasteiger partial charge on any atom is 0.263 e. The molecule has 2 fully saturated rings. The number of rotatable bonds is 14. The van der Waals surface area contributed by atoms with E-state index < -0.39 is 15.6 Å². The first-order valence-corrected chi connectivity index (χ1v) is 17.3. The zero-order valence-corrected chi connectivity index (χ0v) is 27.7. The molecule has 10 nitrogen and oxygen atoms in total. The Morgan fingerprint density at radius 3 is 2.64 bits per heavy atom. The molecule has 3 aliphatic rings. The average Bonchev–Trinajstić information content (AvgIpc) is 3.67. The molecule has 3 heterocycles. The van der Waals surface area contributed by atoms with Crippen LogP contribution in [0.2, 0.25) is 5.02 Å². The number of allylic oxidation sites excluding steroid dienone is 4. The molecule has 0 unspecified atom stereocenters. The lowest BCUT2D eigenvalue weighted by atomic mass is 9.95. The van der Waals surface area contributed by atoms with Crippen molar-refractivity contribution in [3.63, 3.8) is 0 Å². The van der Waals surface area contributed by atoms with E-state index >= 15 is 0 Å². The number of aromatic nitrogens is 1. The van der Waals surface area contributed by atoms with Gasteiger partial charge in [0.05, 0.1) is 31.3 Å². The number of carbonyl (C=O) groups excluding carboxylic acids is 1. The van der Waals surface area contributed by atoms with Crippen LogP contribution in [0.3, 0.4) is 0 Å². The van der Waals surface area contributed by atoms with Crippen molar-refractivity contribution in [1.82, 2.24) is 10.1 Å². The highest BCUT2D eigenvalue weighted by atomic mass is 35.5. The molecule has 2 aromatic rings. The smallest absolute Gasteiger partial charge is 0.263 e. The van der Waals surface area contributed by atoms with Crippen LogP contribution in [0.1, 0.15) is 81.2 Å². The van der Waals surface area contributed by atoms with E-state index in [1.54, 1.807) is 19.9 Å². The fourth-order valence-corrected chi connectivity index (χ4v) is 7.46. The van der Waals surface area contributed by atoms with Crippen LogP contribution in [-0.2, 0) is 37.4 Å². The molecule has 1 aromatic carbocycles. The Morgan fingerprint density at radius 2 is 2.04 bits per heavy atom. The molecule has 45 heavy (non-hydrogen) atoms. The highest BCUT2D eigenvalue weighted by molar-refractivity contribution is 7.97. The summed E-state index contributed by atoms with van der Waals surface area (Å²) in [7, 11) is -4.18. The van der Waals surface area contributed by atoms with Crippen LogP contribution in [0.25, 0.3) is 5.57 Å². The van der Waals surface area contributed by atoms with Crippen LogP contribution in [0.4, 0.5) is 5.82 Å². The van der Waals surface area contributed by atoms with E-state index in [2.05, 4.69) is 23.4 Å². The Labute approximate surface area is 270 Å². The maximum absolute atomic E-state index is 13.8. The second-order valence-electron chi connectivity index (χ2n) is 11.7. The number of sulfonamides is 1. The molecule has 2 aliphatic heterocycles. The quantitative estimate of drug-likeness (QED) is 0.224. The largest absolute Gasteiger partial charge is 0.376 e. The highest BCUT2D eigenvalue weighted by Gasteiger charge is 2.49. The van der Waals surface area contributed by atoms with Crippen molar-refractivity contribution in [3.05, 3.63) is 75.4 Å². The van der Waals surface area contributed by atoms with Gasteiger partial charge in [-0.3, -0.25) is 19.4 Å². The second kappa shape index (κ2) is 14.0. The van der Waals surface area contributed by atoms with Crippen molar-refractivity contribution in [2.75, 3.05) is 17.9 Å². The molecule has 1 saturated heterocycles. The van der Waals surface area contributed by atoms with Gasteiger partial charge >= 0.3 is 0 Å². The molecular weight excluding hydrogens is 616 g/mol. The zero-order chi connectivity index (χ0) is 32.2. The van der Waals surface area contributed by atoms with E-state index in [-0.39, 0.29) is 34.4 Å². The molecular formula is C33H41ClN4O6S. The monoisotopic (exact) mass is 656 g/mol. The van der Waals surface area contributed by atoms with Crippen molar-refractivity contribution in [2.24, 2.45) is 4.99 Å². The van der Waals surface area contributed by atoms with Gasteiger partial charge in [0.1, 0.15) is 22.5 Å². The van der Waals surface area contributed by atoms with Crippen molar-refractivity contribution < 1.29 is 27.2 Å². The number of halogens is 1. The van der Waals surface area contributed by atoms with Gasteiger partial charge in [-0.05, 0) is 61.4 Å². The fraction of sp³-hybridized carbons (Fsp3) is 0.485. The van der Waals surface area contributed by atoms with Gasteiger partial charge in [0, 0.05) is 6.42 Å². The highest BCUT2D eigenvalue weighted by Crippen LogP contribution is 2.40. The molecule has 5 rings (SSSR count). The number of nitrogens with zero attached hydrogens (tertiary/aromatic N) is 3. The normalized spacial score (nSPS) is 18.9. The van der Waals surface area contributed by atoms with Crippen molar-refractivity contribution >= 4 is 44.8 Å². The van der Waals surface area contributed by atoms with Gasteiger partial charge in [-0.25, -0.2) is 8.42 Å². The molecule has 1 amide bonds. The van der Waals surface area contributed by atoms with Gasteiger partial charge < -0.3 is 14.0 Å². The lowest BCUT2D eigenvalue weighted by Gasteiger charge is -2.27. The number of amidine groups is 1. The SMILES string of the molecule is C=C/C=C(\C(=C/C)c1ccc(CN2C(=O)C3(CCCC3)N=C2CCCC)cc1COC1COC1)S(=O)(=O)Nc1noc(C)c1Cl. The summed E-state index contributed by atoms with van der Waals surface area (Å²) < 4.78 is 46.4. The number of amides is 1. The number of benzene rings is 1. The minimum Gasteiger partial charge on any atom is -0.376 e. The number of aryl methyl sites for hydroxylation is 1. The van der Waals surface area contributed by atoms with Gasteiger partial charge in [-0.15, -0.1) is 0 Å². The van der Waals surface area contributed by atoms with Crippen molar-refractivity contribution in [3.8, 4) is 0 Å². The molecule has 1 aromatic heterocycles. The number of ether oxygens (including phenoxy) is 2. The van der Waals surface area contributed by atoms with Crippen molar-refractivity contribution in [2.45, 2.75) is 90.5 Å². The first kappa shape index (κ1) is 33.1. The van der Waals surface area contributed by atoms with E-state index in [9.17, 15) is 13.2 Å². The molecule has 12 heteroatoms. The summed E-state index contributed by atoms with van der Waals surface area (Å²) >= 11 is 6.22. The Bertz CT molecular complexity index is 1630. The van der Waals surface area contributed by atoms with E-state index in [1.165, 1.54) is 12.2 Å². The third kappa shape index (κ3) is 6.96. The molecule has 1 N–H and O–H groups in total. The van der Waals surface area contributed by atoms with E-state index in [0.29, 0.717) is 36.7 Å². The number of unbranched alkanes of at least 4 members (excludes halogenated alkanes) is 1. The lowest BCUT2D eigenvalue weighted by Crippen LogP contribution is -2.40. The third-order valence-electron chi connectivity index (χ3n) is 8.50. The van der Waals surface area contributed by atoms with Gasteiger partial charge in [0.2, 0.25) is 5.82 Å². The van der Waals surface area contributed by atoms with E-state index in [1.807, 2.05) is 23.1 Å². The molecule has 242 valence electrons. The van der Waals surface area contributed by atoms with Crippen LogP contribution in [-0.4, -0.2) is 55.1 Å². The van der Waals surface area contributed by atoms with E-state index in [0.717, 1.165) is 61.9 Å². The summed E-state index contributed by atoms with van der Waals surface area (Å²) in [6, 6.07) is 5.81. The number of nitrogens with one attached hydrogen (secondary N) is 1. The number of carbonyl (C=O) groups is 1. The maximum atomic E-state index is 13.8. The summed E-state index contributed by atoms with van der Waals surface area (Å²) in [5, 5.41) is 3.84. The Balaban J connectivity index is 1.48. The standard InChI is InChI=1S/C33H41ClN4O6S/c1-5-8-12-29-35-33(15-9-10-16-33)32(39)38(29)18-23-13-14-27(24(17-23)19-43-25-20-42-21-25)26(7-3)28(11-6-2)45(40,41)37-31-30(34)22(4)44-36-31/h6-7,11,13-14,17,25H,2,5,8-10,12,15-16,18-21H2,1,3-4H3,(H,36,37)/b26-7-,28-11+. The number of anilines is 1. The van der Waals surface area contributed by atoms with Gasteiger partial charge in [0.15, 0.2) is 5.76 Å². The number of hydrogen-bond acceptors (Lipinski definition) is 8. The first-order chi connectivity index (χ1) is 21.6. The molecule has 1 spiro atoms. The third-order valence-corrected chi connectivity index (χ3v) is 10.3. The average molecular weight is 657 g/mol. The minimum absolute atomic E-state index is 0.0235. The number of aliphatic imine (C=N–C) groups is 1. The Morgan fingerprint density at radius 1 is 1.29 bits per heavy atom. The second-order valence-corrected chi connectivity index (χ2v) is 13.7. The van der Waals surface area contributed by atoms with Crippen LogP contribution in [0.15, 0.2) is 57.4 Å². The van der Waals surface area contributed by atoms with Crippen LogP contribution >= 0.6 is 11.6 Å². The lowest BCUT2D eigenvalue weighted by molar-refractivity contribution is -0.135. The summed E-state index contributed by atoms with van der Waals surface area (Å²) in [5.41, 5.74) is 2.19. The molecule has 0 bridgehead atoms. The molecule has 1 saturated carbocycles. The van der Waals surface area contributed by atoms with Crippen LogP contribution < -0.4 is 4.72 Å². The van der Waals surface area contributed by atoms with E-state index in [4.69, 9.17) is 30.6 Å². The summed E-state index contributed by atoms with van der Waals surface area (Å²) in [6.45, 7) is 10.9. The van der Waals surface area contributed by atoms with Gasteiger partial charge in [-0.1, -0.05) is 79.9 Å². The molecule has 1 aliphatic carbocycles. The van der Waals surface area contributed by atoms with Gasteiger partial charge in [-0.2, -0.15) is 0 Å². The topological polar surface area (TPSA) is 123 Å². The zero-order valence-electron chi connectivity index (χ0n) is 26.1. The summed E-state index contributed by atoms with van der Waals surface area (Å²) in [4.78, 5) is 20.6. The minimum atomic E-state index is -4.18. The van der Waals surface area contributed by atoms with Crippen LogP contribution in [0, 0.1) is 6.92 Å². The van der Waals surface area contributed by atoms with Crippen molar-refractivity contribution in [1.29, 1.82) is 0 Å². The number of hydrogen-bond donors (Lipinski definition) is 1. The first-order valence-electron chi connectivity index (χ1n) is 15.5. The predicted molar refractivity (Wildman–Crippen MR) is 175 cm³/mol. The molecule has 0 atom stereocenters. The van der Waals surface area contributed by atoms with Gasteiger partial charge in [0.25, 0.3) is 15.9 Å². The summed E-state index contributed by atoms with van der Waals surface area (Å²) in [6.07, 6.45) is 10.9. The molecule has 0 radical (unpaired) electrons.